The second-order valence-corrected chi connectivity index (χ2v) is 10.1. The van der Waals surface area contributed by atoms with Crippen molar-refractivity contribution in [1.29, 1.82) is 0 Å². The Labute approximate surface area is 189 Å². The molecule has 4 heterocycles. The van der Waals surface area contributed by atoms with E-state index in [9.17, 15) is 9.36 Å². The van der Waals surface area contributed by atoms with E-state index in [1.165, 1.54) is 24.7 Å². The maximum Gasteiger partial charge on any atom is 0.406 e. The summed E-state index contributed by atoms with van der Waals surface area (Å²) >= 11 is 0. The number of alkyl halides is 1. The number of halogens is 1. The summed E-state index contributed by atoms with van der Waals surface area (Å²) in [6.07, 6.45) is -2.35. The van der Waals surface area contributed by atoms with E-state index >= 15 is 4.39 Å². The molecular weight excluding hydrogens is 460 g/mol. The summed E-state index contributed by atoms with van der Waals surface area (Å²) in [5.41, 5.74) is 4.25. The van der Waals surface area contributed by atoms with Crippen LogP contribution in [0, 0.1) is 0 Å². The van der Waals surface area contributed by atoms with Crippen LogP contribution in [0.25, 0.3) is 11.2 Å². The van der Waals surface area contributed by atoms with Crippen LogP contribution in [0.15, 0.2) is 6.33 Å². The molecule has 4 rings (SSSR count). The molecule has 2 saturated heterocycles. The highest BCUT2D eigenvalue weighted by Gasteiger charge is 2.61. The van der Waals surface area contributed by atoms with Gasteiger partial charge in [0.25, 0.3) is 0 Å². The molecule has 2 aliphatic rings. The van der Waals surface area contributed by atoms with Gasteiger partial charge in [-0.15, -0.1) is 0 Å². The number of carbonyl (C=O) groups excluding carboxylic acids is 1. The molecule has 13 nitrogen and oxygen atoms in total. The van der Waals surface area contributed by atoms with Crippen LogP contribution in [-0.2, 0) is 27.9 Å². The standard InChI is InChI=1S/C18H27FN7O6P/c1-8(2)30-15(27)9(3)25-33(28)29-6-10-12(32-33)18(4,19)16(31-10)26-7-22-11-13(21-5)23-17(20)24-14(11)26/h7-10,12,16H,6H2,1-5H3,(H,25,28)(H3,20,21,23,24)/t9-,10+,12+,16+,18+,33?/m0/s1. The summed E-state index contributed by atoms with van der Waals surface area (Å²) in [4.78, 5) is 24.6. The molecule has 33 heavy (non-hydrogen) atoms. The van der Waals surface area contributed by atoms with Gasteiger partial charge in [0, 0.05) is 7.05 Å². The number of hydrogen-bond donors (Lipinski definition) is 3. The van der Waals surface area contributed by atoms with Crippen molar-refractivity contribution in [1.82, 2.24) is 24.6 Å². The molecule has 2 aromatic rings. The van der Waals surface area contributed by atoms with E-state index in [-0.39, 0.29) is 24.3 Å². The first-order chi connectivity index (χ1) is 15.4. The van der Waals surface area contributed by atoms with Gasteiger partial charge < -0.3 is 20.5 Å². The highest BCUT2D eigenvalue weighted by Crippen LogP contribution is 2.57. The highest BCUT2D eigenvalue weighted by molar-refractivity contribution is 7.51. The van der Waals surface area contributed by atoms with Gasteiger partial charge in [-0.05, 0) is 27.7 Å². The summed E-state index contributed by atoms with van der Waals surface area (Å²) in [6, 6.07) is -1.00. The molecule has 1 unspecified atom stereocenters. The monoisotopic (exact) mass is 487 g/mol. The lowest BCUT2D eigenvalue weighted by Crippen LogP contribution is -2.47. The first-order valence-electron chi connectivity index (χ1n) is 10.4. The number of nitrogens with zero attached hydrogens (tertiary/aromatic N) is 4. The normalized spacial score (nSPS) is 32.6. The van der Waals surface area contributed by atoms with Crippen molar-refractivity contribution in [3.05, 3.63) is 6.33 Å². The fourth-order valence-electron chi connectivity index (χ4n) is 3.83. The maximum absolute atomic E-state index is 16.1. The quantitative estimate of drug-likeness (QED) is 0.398. The van der Waals surface area contributed by atoms with Gasteiger partial charge in [-0.3, -0.25) is 18.4 Å². The van der Waals surface area contributed by atoms with Crippen molar-refractivity contribution >= 4 is 36.6 Å². The van der Waals surface area contributed by atoms with Crippen LogP contribution >= 0.6 is 7.75 Å². The minimum absolute atomic E-state index is 0.0277. The lowest BCUT2D eigenvalue weighted by molar-refractivity contribution is -0.149. The average Bonchev–Trinajstić information content (AvgIpc) is 3.24. The van der Waals surface area contributed by atoms with E-state index in [0.29, 0.717) is 11.3 Å². The van der Waals surface area contributed by atoms with Gasteiger partial charge in [0.05, 0.1) is 19.0 Å². The molecule has 0 bridgehead atoms. The van der Waals surface area contributed by atoms with Crippen LogP contribution in [0.3, 0.4) is 0 Å². The predicted molar refractivity (Wildman–Crippen MR) is 115 cm³/mol. The molecule has 4 N–H and O–H groups in total. The van der Waals surface area contributed by atoms with Gasteiger partial charge in [-0.2, -0.15) is 9.97 Å². The number of fused-ring (bicyclic) bond motifs is 2. The fourth-order valence-corrected chi connectivity index (χ4v) is 5.59. The lowest BCUT2D eigenvalue weighted by atomic mass is 9.98. The molecule has 0 amide bonds. The molecule has 182 valence electrons. The van der Waals surface area contributed by atoms with Gasteiger partial charge in [-0.1, -0.05) is 0 Å². The molecule has 2 aliphatic heterocycles. The number of carbonyl (C=O) groups is 1. The van der Waals surface area contributed by atoms with Crippen molar-refractivity contribution in [3.8, 4) is 0 Å². The van der Waals surface area contributed by atoms with E-state index in [1.54, 1.807) is 20.9 Å². The summed E-state index contributed by atoms with van der Waals surface area (Å²) in [5.74, 6) is -0.288. The molecule has 0 radical (unpaired) electrons. The molecule has 2 aromatic heterocycles. The van der Waals surface area contributed by atoms with Crippen molar-refractivity contribution in [3.63, 3.8) is 0 Å². The number of rotatable bonds is 6. The number of nitrogen functional groups attached to an aromatic ring is 1. The molecule has 2 fully saturated rings. The fraction of sp³-hybridized carbons (Fsp3) is 0.667. The Morgan fingerprint density at radius 1 is 1.42 bits per heavy atom. The third-order valence-electron chi connectivity index (χ3n) is 5.33. The number of nitrogens with one attached hydrogen (secondary N) is 2. The average molecular weight is 487 g/mol. The van der Waals surface area contributed by atoms with Crippen molar-refractivity contribution in [2.45, 2.75) is 63.9 Å². The number of hydrogen-bond acceptors (Lipinski definition) is 11. The van der Waals surface area contributed by atoms with Gasteiger partial charge in [-0.25, -0.2) is 19.0 Å². The molecule has 0 aromatic carbocycles. The minimum atomic E-state index is -4.04. The van der Waals surface area contributed by atoms with Crippen LogP contribution in [0.5, 0.6) is 0 Å². The van der Waals surface area contributed by atoms with Gasteiger partial charge in [0.1, 0.15) is 18.2 Å². The van der Waals surface area contributed by atoms with Gasteiger partial charge in [0.15, 0.2) is 28.9 Å². The van der Waals surface area contributed by atoms with Gasteiger partial charge in [0.2, 0.25) is 5.95 Å². The van der Waals surface area contributed by atoms with Gasteiger partial charge >= 0.3 is 13.7 Å². The van der Waals surface area contributed by atoms with Crippen LogP contribution < -0.4 is 16.1 Å². The Balaban J connectivity index is 1.58. The highest BCUT2D eigenvalue weighted by atomic mass is 31.2. The zero-order valence-corrected chi connectivity index (χ0v) is 19.7. The van der Waals surface area contributed by atoms with Crippen LogP contribution in [0.1, 0.15) is 33.9 Å². The van der Waals surface area contributed by atoms with Crippen molar-refractivity contribution in [2.75, 3.05) is 24.7 Å². The topological polar surface area (TPSA) is 165 Å². The summed E-state index contributed by atoms with van der Waals surface area (Å²) in [7, 11) is -2.39. The van der Waals surface area contributed by atoms with Crippen molar-refractivity contribution in [2.24, 2.45) is 0 Å². The Bertz CT molecular complexity index is 1110. The SMILES string of the molecule is CNc1nc(N)nc2c1ncn2[C@@H]1O[C@@H]2COP(=O)(N[C@@H](C)C(=O)OC(C)C)O[C@H]2[C@@]1(C)F. The summed E-state index contributed by atoms with van der Waals surface area (Å²) in [5, 5.41) is 5.37. The Morgan fingerprint density at radius 2 is 2.15 bits per heavy atom. The number of ether oxygens (including phenoxy) is 2. The number of anilines is 2. The number of imidazole rings is 1. The first-order valence-corrected chi connectivity index (χ1v) is 11.9. The van der Waals surface area contributed by atoms with Crippen molar-refractivity contribution < 1.29 is 32.3 Å². The van der Waals surface area contributed by atoms with Crippen LogP contribution in [0.2, 0.25) is 0 Å². The Kier molecular flexibility index (Phi) is 6.08. The second-order valence-electron chi connectivity index (χ2n) is 8.34. The first kappa shape index (κ1) is 23.8. The second kappa shape index (κ2) is 8.44. The number of aromatic nitrogens is 4. The van der Waals surface area contributed by atoms with E-state index in [2.05, 4.69) is 25.4 Å². The third-order valence-corrected chi connectivity index (χ3v) is 7.02. The summed E-state index contributed by atoms with van der Waals surface area (Å²) in [6.45, 7) is 5.87. The van der Waals surface area contributed by atoms with Crippen LogP contribution in [0.4, 0.5) is 16.2 Å². The number of nitrogens with two attached hydrogens (primary N) is 1. The van der Waals surface area contributed by atoms with E-state index in [1.807, 2.05) is 0 Å². The molecule has 6 atom stereocenters. The lowest BCUT2D eigenvalue weighted by Gasteiger charge is -2.35. The molecule has 0 aliphatic carbocycles. The largest absolute Gasteiger partial charge is 0.462 e. The molecule has 0 saturated carbocycles. The Hall–Kier alpha value is -2.38. The third kappa shape index (κ3) is 4.28. The van der Waals surface area contributed by atoms with Crippen LogP contribution in [-0.4, -0.2) is 69.2 Å². The number of esters is 1. The van der Waals surface area contributed by atoms with E-state index < -0.39 is 43.9 Å². The summed E-state index contributed by atoms with van der Waals surface area (Å²) < 4.78 is 52.5. The minimum Gasteiger partial charge on any atom is -0.462 e. The molecular formula is C18H27FN7O6P. The molecule has 15 heteroatoms. The maximum atomic E-state index is 16.1. The molecule has 0 spiro atoms. The van der Waals surface area contributed by atoms with E-state index in [0.717, 1.165) is 0 Å². The zero-order chi connectivity index (χ0) is 24.1. The predicted octanol–water partition coefficient (Wildman–Crippen LogP) is 1.53. The Morgan fingerprint density at radius 3 is 2.82 bits per heavy atom. The zero-order valence-electron chi connectivity index (χ0n) is 18.8. The van der Waals surface area contributed by atoms with E-state index in [4.69, 9.17) is 24.3 Å². The smallest absolute Gasteiger partial charge is 0.406 e.